The molecule has 0 bridgehead atoms. The summed E-state index contributed by atoms with van der Waals surface area (Å²) < 4.78 is 6.81. The minimum atomic E-state index is -0.503. The molecule has 1 fully saturated rings. The molecule has 1 aliphatic heterocycles. The van der Waals surface area contributed by atoms with E-state index < -0.39 is 5.25 Å². The third kappa shape index (κ3) is 3.07. The molecule has 7 heteroatoms. The number of ether oxygens (including phenoxy) is 1. The summed E-state index contributed by atoms with van der Waals surface area (Å²) in [6.45, 7) is 0.624. The number of methoxy groups -OCH3 is 1. The van der Waals surface area contributed by atoms with E-state index in [9.17, 15) is 14.4 Å². The Morgan fingerprint density at radius 1 is 1.11 bits per heavy atom. The van der Waals surface area contributed by atoms with E-state index in [1.807, 2.05) is 42.6 Å². The van der Waals surface area contributed by atoms with Gasteiger partial charge in [0.05, 0.1) is 12.7 Å². The number of hydrogen-bond donors (Lipinski definition) is 0. The number of carbonyl (C=O) groups excluding carboxylic acids is 3. The number of carbonyl (C=O) groups is 3. The Kier molecular flexibility index (Phi) is 4.68. The number of imide groups is 1. The summed E-state index contributed by atoms with van der Waals surface area (Å²) in [7, 11) is 2.87. The molecule has 0 radical (unpaired) electrons. The number of esters is 1. The Hall–Kier alpha value is -3.06. The summed E-state index contributed by atoms with van der Waals surface area (Å²) in [5, 5.41) is 0.233. The second-order valence-corrected chi connectivity index (χ2v) is 7.63. The van der Waals surface area contributed by atoms with Crippen molar-refractivity contribution in [1.82, 2.24) is 9.47 Å². The molecule has 1 unspecified atom stereocenters. The maximum atomic E-state index is 12.4. The molecule has 1 aliphatic rings. The van der Waals surface area contributed by atoms with E-state index in [0.717, 1.165) is 33.8 Å². The molecule has 0 spiro atoms. The largest absolute Gasteiger partial charge is 0.465 e. The summed E-state index contributed by atoms with van der Waals surface area (Å²) in [6.07, 6.45) is 1.97. The molecular weight excluding hydrogens is 376 g/mol. The van der Waals surface area contributed by atoms with Crippen LogP contribution in [0.3, 0.4) is 0 Å². The molecule has 1 saturated heterocycles. The summed E-state index contributed by atoms with van der Waals surface area (Å²) in [5.74, 6) is -0.547. The molecule has 4 rings (SSSR count). The maximum Gasteiger partial charge on any atom is 0.337 e. The fourth-order valence-electron chi connectivity index (χ4n) is 3.37. The van der Waals surface area contributed by atoms with Crippen molar-refractivity contribution in [2.45, 2.75) is 11.8 Å². The van der Waals surface area contributed by atoms with Crippen LogP contribution in [0.5, 0.6) is 0 Å². The predicted molar refractivity (Wildman–Crippen MR) is 107 cm³/mol. The van der Waals surface area contributed by atoms with Gasteiger partial charge in [-0.25, -0.2) is 4.79 Å². The minimum Gasteiger partial charge on any atom is -0.465 e. The summed E-state index contributed by atoms with van der Waals surface area (Å²) in [5.41, 5.74) is 3.39. The highest BCUT2D eigenvalue weighted by Crippen LogP contribution is 2.41. The zero-order valence-corrected chi connectivity index (χ0v) is 16.2. The normalized spacial score (nSPS) is 16.8. The van der Waals surface area contributed by atoms with Gasteiger partial charge in [0, 0.05) is 30.7 Å². The van der Waals surface area contributed by atoms with E-state index in [1.54, 1.807) is 12.1 Å². The first-order chi connectivity index (χ1) is 13.5. The van der Waals surface area contributed by atoms with Crippen molar-refractivity contribution in [2.75, 3.05) is 14.2 Å². The van der Waals surface area contributed by atoms with Gasteiger partial charge in [-0.2, -0.15) is 0 Å². The van der Waals surface area contributed by atoms with Crippen LogP contribution in [0.25, 0.3) is 10.9 Å². The SMILES string of the molecule is COC(=O)c1ccc(Cn2ccc3c(C4SC(=O)N(C)C4=O)cccc32)cc1. The first kappa shape index (κ1) is 18.3. The van der Waals surface area contributed by atoms with Crippen LogP contribution >= 0.6 is 11.8 Å². The lowest BCUT2D eigenvalue weighted by Gasteiger charge is -2.11. The standard InChI is InChI=1S/C21H18N2O4S/c1-22-19(24)18(28-21(22)26)16-4-3-5-17-15(16)10-11-23(17)12-13-6-8-14(9-7-13)20(25)27-2/h3-11,18H,12H2,1-2H3. The van der Waals surface area contributed by atoms with Crippen LogP contribution in [0.1, 0.15) is 26.7 Å². The van der Waals surface area contributed by atoms with Gasteiger partial charge < -0.3 is 9.30 Å². The Bertz CT molecular complexity index is 1090. The zero-order chi connectivity index (χ0) is 19.8. The third-order valence-electron chi connectivity index (χ3n) is 4.91. The number of aromatic nitrogens is 1. The highest BCUT2D eigenvalue weighted by molar-refractivity contribution is 8.15. The fourth-order valence-corrected chi connectivity index (χ4v) is 4.41. The van der Waals surface area contributed by atoms with Gasteiger partial charge in [0.1, 0.15) is 5.25 Å². The van der Waals surface area contributed by atoms with E-state index in [1.165, 1.54) is 19.1 Å². The fraction of sp³-hybridized carbons (Fsp3) is 0.190. The maximum absolute atomic E-state index is 12.4. The molecular formula is C21H18N2O4S. The topological polar surface area (TPSA) is 68.6 Å². The van der Waals surface area contributed by atoms with Crippen LogP contribution in [-0.4, -0.2) is 40.7 Å². The molecule has 28 heavy (non-hydrogen) atoms. The van der Waals surface area contributed by atoms with Crippen LogP contribution in [0.4, 0.5) is 4.79 Å². The van der Waals surface area contributed by atoms with E-state index in [-0.39, 0.29) is 17.1 Å². The van der Waals surface area contributed by atoms with Crippen molar-refractivity contribution in [3.05, 3.63) is 71.4 Å². The molecule has 6 nitrogen and oxygen atoms in total. The molecule has 1 aromatic heterocycles. The number of amides is 2. The Morgan fingerprint density at radius 3 is 2.50 bits per heavy atom. The summed E-state index contributed by atoms with van der Waals surface area (Å²) >= 11 is 1.05. The third-order valence-corrected chi connectivity index (χ3v) is 6.07. The van der Waals surface area contributed by atoms with E-state index in [4.69, 9.17) is 4.74 Å². The number of rotatable bonds is 4. The average molecular weight is 394 g/mol. The molecule has 142 valence electrons. The van der Waals surface area contributed by atoms with Crippen LogP contribution in [0.2, 0.25) is 0 Å². The highest BCUT2D eigenvalue weighted by Gasteiger charge is 2.38. The zero-order valence-electron chi connectivity index (χ0n) is 15.4. The van der Waals surface area contributed by atoms with E-state index >= 15 is 0 Å². The van der Waals surface area contributed by atoms with Crippen LogP contribution in [0.15, 0.2) is 54.7 Å². The van der Waals surface area contributed by atoms with Gasteiger partial charge in [-0.15, -0.1) is 0 Å². The van der Waals surface area contributed by atoms with Gasteiger partial charge in [-0.05, 0) is 47.2 Å². The number of fused-ring (bicyclic) bond motifs is 1. The molecule has 0 N–H and O–H groups in total. The van der Waals surface area contributed by atoms with Crippen molar-refractivity contribution < 1.29 is 19.1 Å². The number of thioether (sulfide) groups is 1. The second kappa shape index (κ2) is 7.16. The number of likely N-dealkylation sites (N-methyl/N-ethyl adjacent to an activating group) is 1. The van der Waals surface area contributed by atoms with E-state index in [0.29, 0.717) is 12.1 Å². The van der Waals surface area contributed by atoms with E-state index in [2.05, 4.69) is 4.57 Å². The van der Waals surface area contributed by atoms with Crippen LogP contribution in [-0.2, 0) is 16.1 Å². The molecule has 0 saturated carbocycles. The van der Waals surface area contributed by atoms with Crippen molar-refractivity contribution in [3.63, 3.8) is 0 Å². The van der Waals surface area contributed by atoms with Crippen LogP contribution in [0, 0.1) is 0 Å². The highest BCUT2D eigenvalue weighted by atomic mass is 32.2. The number of nitrogens with zero attached hydrogens (tertiary/aromatic N) is 2. The van der Waals surface area contributed by atoms with Gasteiger partial charge in [0.25, 0.3) is 5.24 Å². The lowest BCUT2D eigenvalue weighted by atomic mass is 10.1. The summed E-state index contributed by atoms with van der Waals surface area (Å²) in [4.78, 5) is 37.0. The predicted octanol–water partition coefficient (Wildman–Crippen LogP) is 3.84. The number of benzene rings is 2. The van der Waals surface area contributed by atoms with Crippen molar-refractivity contribution in [2.24, 2.45) is 0 Å². The Morgan fingerprint density at radius 2 is 1.86 bits per heavy atom. The Balaban J connectivity index is 1.64. The van der Waals surface area contributed by atoms with Gasteiger partial charge >= 0.3 is 5.97 Å². The molecule has 2 aromatic carbocycles. The van der Waals surface area contributed by atoms with Gasteiger partial charge in [0.2, 0.25) is 5.91 Å². The Labute approximate surface area is 166 Å². The van der Waals surface area contributed by atoms with Crippen LogP contribution < -0.4 is 0 Å². The van der Waals surface area contributed by atoms with Crippen molar-refractivity contribution in [3.8, 4) is 0 Å². The molecule has 2 amide bonds. The lowest BCUT2D eigenvalue weighted by molar-refractivity contribution is -0.125. The second-order valence-electron chi connectivity index (χ2n) is 6.57. The number of hydrogen-bond acceptors (Lipinski definition) is 5. The monoisotopic (exact) mass is 394 g/mol. The average Bonchev–Trinajstić information content (AvgIpc) is 3.24. The summed E-state index contributed by atoms with van der Waals surface area (Å²) in [6, 6.07) is 15.1. The minimum absolute atomic E-state index is 0.186. The van der Waals surface area contributed by atoms with Gasteiger partial charge in [0.15, 0.2) is 0 Å². The quantitative estimate of drug-likeness (QED) is 0.629. The van der Waals surface area contributed by atoms with Gasteiger partial charge in [-0.3, -0.25) is 14.5 Å². The molecule has 1 atom stereocenters. The molecule has 3 aromatic rings. The van der Waals surface area contributed by atoms with Crippen molar-refractivity contribution in [1.29, 1.82) is 0 Å². The van der Waals surface area contributed by atoms with Gasteiger partial charge in [-0.1, -0.05) is 24.3 Å². The van der Waals surface area contributed by atoms with Crippen molar-refractivity contribution >= 4 is 39.8 Å². The molecule has 0 aliphatic carbocycles. The smallest absolute Gasteiger partial charge is 0.337 e. The lowest BCUT2D eigenvalue weighted by Crippen LogP contribution is -2.24. The first-order valence-electron chi connectivity index (χ1n) is 8.73. The first-order valence-corrected chi connectivity index (χ1v) is 9.60. The molecule has 2 heterocycles.